The average Bonchev–Trinajstić information content (AvgIpc) is 2.89. The number of amides is 1. The number of hydrogen-bond acceptors (Lipinski definition) is 3. The first-order chi connectivity index (χ1) is 7.74. The highest BCUT2D eigenvalue weighted by molar-refractivity contribution is 9.11. The Labute approximate surface area is 107 Å². The van der Waals surface area contributed by atoms with E-state index in [1.165, 1.54) is 0 Å². The molecule has 1 amide bonds. The summed E-state index contributed by atoms with van der Waals surface area (Å²) in [6, 6.07) is 1.92. The minimum absolute atomic E-state index is 0.191. The Balaban J connectivity index is 1.73. The lowest BCUT2D eigenvalue weighted by molar-refractivity contribution is 0.0782. The van der Waals surface area contributed by atoms with Gasteiger partial charge in [-0.2, -0.15) is 0 Å². The summed E-state index contributed by atoms with van der Waals surface area (Å²) in [5.41, 5.74) is 0.824. The van der Waals surface area contributed by atoms with Crippen molar-refractivity contribution in [3.05, 3.63) is 20.8 Å². The van der Waals surface area contributed by atoms with Crippen LogP contribution in [-0.4, -0.2) is 37.0 Å². The van der Waals surface area contributed by atoms with Crippen LogP contribution >= 0.6 is 27.3 Å². The normalized spacial score (nSPS) is 28.4. The van der Waals surface area contributed by atoms with Crippen LogP contribution in [0.25, 0.3) is 0 Å². The topological polar surface area (TPSA) is 32.3 Å². The minimum Gasteiger partial charge on any atom is -0.338 e. The van der Waals surface area contributed by atoms with Crippen molar-refractivity contribution in [2.45, 2.75) is 0 Å². The molecule has 2 fully saturated rings. The van der Waals surface area contributed by atoms with Gasteiger partial charge in [0.2, 0.25) is 0 Å². The van der Waals surface area contributed by atoms with Crippen LogP contribution in [0, 0.1) is 11.8 Å². The predicted octanol–water partition coefficient (Wildman–Crippen LogP) is 1.80. The molecule has 0 bridgehead atoms. The summed E-state index contributed by atoms with van der Waals surface area (Å²) in [5, 5.41) is 5.31. The maximum atomic E-state index is 12.2. The second-order valence-electron chi connectivity index (χ2n) is 4.53. The standard InChI is InChI=1S/C11H13BrN2OS/c12-10-1-7(6-16-10)11(15)14-4-8-2-13-3-9(8)5-14/h1,6,8-9,13H,2-5H2/t8-,9+. The zero-order chi connectivity index (χ0) is 11.1. The quantitative estimate of drug-likeness (QED) is 0.858. The van der Waals surface area contributed by atoms with Gasteiger partial charge in [0.05, 0.1) is 9.35 Å². The van der Waals surface area contributed by atoms with E-state index in [1.807, 2.05) is 16.3 Å². The van der Waals surface area contributed by atoms with Crippen molar-refractivity contribution in [1.29, 1.82) is 0 Å². The average molecular weight is 301 g/mol. The van der Waals surface area contributed by atoms with Crippen molar-refractivity contribution in [1.82, 2.24) is 10.2 Å². The fourth-order valence-corrected chi connectivity index (χ4v) is 3.76. The molecule has 0 unspecified atom stereocenters. The summed E-state index contributed by atoms with van der Waals surface area (Å²) < 4.78 is 1.02. The Morgan fingerprint density at radius 3 is 2.69 bits per heavy atom. The summed E-state index contributed by atoms with van der Waals surface area (Å²) in [6.07, 6.45) is 0. The van der Waals surface area contributed by atoms with Crippen molar-refractivity contribution < 1.29 is 4.79 Å². The van der Waals surface area contributed by atoms with Crippen molar-refractivity contribution in [2.24, 2.45) is 11.8 Å². The number of rotatable bonds is 1. The van der Waals surface area contributed by atoms with Gasteiger partial charge in [0.1, 0.15) is 0 Å². The number of fused-ring (bicyclic) bond motifs is 1. The molecular formula is C11H13BrN2OS. The molecule has 3 rings (SSSR count). The Morgan fingerprint density at radius 2 is 2.12 bits per heavy atom. The second kappa shape index (κ2) is 4.13. The lowest BCUT2D eigenvalue weighted by atomic mass is 10.0. The molecule has 1 N–H and O–H groups in total. The molecular weight excluding hydrogens is 288 g/mol. The van der Waals surface area contributed by atoms with Gasteiger partial charge in [0.25, 0.3) is 5.91 Å². The maximum absolute atomic E-state index is 12.2. The molecule has 1 aromatic heterocycles. The van der Waals surface area contributed by atoms with Crippen molar-refractivity contribution in [3.63, 3.8) is 0 Å². The van der Waals surface area contributed by atoms with Gasteiger partial charge in [0.15, 0.2) is 0 Å². The van der Waals surface area contributed by atoms with Gasteiger partial charge in [-0.25, -0.2) is 0 Å². The summed E-state index contributed by atoms with van der Waals surface area (Å²) in [6.45, 7) is 3.98. The van der Waals surface area contributed by atoms with Crippen LogP contribution in [0.15, 0.2) is 15.2 Å². The monoisotopic (exact) mass is 300 g/mol. The number of carbonyl (C=O) groups excluding carboxylic acids is 1. The summed E-state index contributed by atoms with van der Waals surface area (Å²) >= 11 is 4.97. The van der Waals surface area contributed by atoms with Crippen LogP contribution in [0.3, 0.4) is 0 Å². The largest absolute Gasteiger partial charge is 0.338 e. The molecule has 86 valence electrons. The van der Waals surface area contributed by atoms with Gasteiger partial charge in [-0.05, 0) is 33.8 Å². The number of carbonyl (C=O) groups is 1. The molecule has 2 aliphatic rings. The Kier molecular flexibility index (Phi) is 2.77. The highest BCUT2D eigenvalue weighted by Crippen LogP contribution is 2.29. The van der Waals surface area contributed by atoms with E-state index < -0.39 is 0 Å². The van der Waals surface area contributed by atoms with Gasteiger partial charge in [-0.3, -0.25) is 4.79 Å². The number of nitrogens with one attached hydrogen (secondary N) is 1. The molecule has 0 aliphatic carbocycles. The molecule has 0 saturated carbocycles. The number of nitrogens with zero attached hydrogens (tertiary/aromatic N) is 1. The molecule has 5 heteroatoms. The Morgan fingerprint density at radius 1 is 1.44 bits per heavy atom. The molecule has 16 heavy (non-hydrogen) atoms. The fourth-order valence-electron chi connectivity index (χ4n) is 2.63. The first-order valence-electron chi connectivity index (χ1n) is 5.48. The third-order valence-electron chi connectivity index (χ3n) is 3.49. The zero-order valence-electron chi connectivity index (χ0n) is 8.78. The maximum Gasteiger partial charge on any atom is 0.254 e. The number of halogens is 1. The highest BCUT2D eigenvalue weighted by atomic mass is 79.9. The predicted molar refractivity (Wildman–Crippen MR) is 67.8 cm³/mol. The van der Waals surface area contributed by atoms with Gasteiger partial charge in [-0.15, -0.1) is 11.3 Å². The smallest absolute Gasteiger partial charge is 0.254 e. The van der Waals surface area contributed by atoms with Crippen LogP contribution in [0.4, 0.5) is 0 Å². The van der Waals surface area contributed by atoms with E-state index in [9.17, 15) is 4.79 Å². The van der Waals surface area contributed by atoms with Gasteiger partial charge < -0.3 is 10.2 Å². The first-order valence-corrected chi connectivity index (χ1v) is 7.15. The lowest BCUT2D eigenvalue weighted by Crippen LogP contribution is -2.31. The first kappa shape index (κ1) is 10.7. The van der Waals surface area contributed by atoms with E-state index in [0.717, 1.165) is 35.5 Å². The molecule has 2 atom stereocenters. The van der Waals surface area contributed by atoms with Crippen LogP contribution in [-0.2, 0) is 0 Å². The molecule has 1 aromatic rings. The number of likely N-dealkylation sites (tertiary alicyclic amines) is 1. The molecule has 0 spiro atoms. The number of hydrogen-bond donors (Lipinski definition) is 1. The fraction of sp³-hybridized carbons (Fsp3) is 0.545. The lowest BCUT2D eigenvalue weighted by Gasteiger charge is -2.16. The van der Waals surface area contributed by atoms with E-state index in [0.29, 0.717) is 11.8 Å². The van der Waals surface area contributed by atoms with Gasteiger partial charge in [0, 0.05) is 31.6 Å². The molecule has 2 aliphatic heterocycles. The van der Waals surface area contributed by atoms with Crippen LogP contribution in [0.5, 0.6) is 0 Å². The summed E-state index contributed by atoms with van der Waals surface area (Å²) in [5.74, 6) is 1.54. The van der Waals surface area contributed by atoms with E-state index in [1.54, 1.807) is 11.3 Å². The molecule has 3 nitrogen and oxygen atoms in total. The van der Waals surface area contributed by atoms with E-state index >= 15 is 0 Å². The SMILES string of the molecule is O=C(c1csc(Br)c1)N1C[C@H]2CNC[C@H]2C1. The van der Waals surface area contributed by atoms with Crippen molar-refractivity contribution >= 4 is 33.2 Å². The van der Waals surface area contributed by atoms with Gasteiger partial charge >= 0.3 is 0 Å². The molecule has 3 heterocycles. The zero-order valence-corrected chi connectivity index (χ0v) is 11.2. The molecule has 0 aromatic carbocycles. The minimum atomic E-state index is 0.191. The van der Waals surface area contributed by atoms with E-state index in [4.69, 9.17) is 0 Å². The number of thiophene rings is 1. The molecule has 0 radical (unpaired) electrons. The third kappa shape index (κ3) is 1.81. The Bertz CT molecular complexity index is 408. The Hall–Kier alpha value is -0.390. The molecule has 2 saturated heterocycles. The van der Waals surface area contributed by atoms with E-state index in [-0.39, 0.29) is 5.91 Å². The van der Waals surface area contributed by atoms with Crippen LogP contribution < -0.4 is 5.32 Å². The van der Waals surface area contributed by atoms with Crippen LogP contribution in [0.2, 0.25) is 0 Å². The van der Waals surface area contributed by atoms with Crippen molar-refractivity contribution in [2.75, 3.05) is 26.2 Å². The second-order valence-corrected chi connectivity index (χ2v) is 6.82. The highest BCUT2D eigenvalue weighted by Gasteiger charge is 2.38. The summed E-state index contributed by atoms with van der Waals surface area (Å²) in [4.78, 5) is 14.2. The third-order valence-corrected chi connectivity index (χ3v) is 5.00. The summed E-state index contributed by atoms with van der Waals surface area (Å²) in [7, 11) is 0. The van der Waals surface area contributed by atoms with Gasteiger partial charge in [-0.1, -0.05) is 0 Å². The van der Waals surface area contributed by atoms with Crippen LogP contribution in [0.1, 0.15) is 10.4 Å². The van der Waals surface area contributed by atoms with Crippen molar-refractivity contribution in [3.8, 4) is 0 Å². The van der Waals surface area contributed by atoms with E-state index in [2.05, 4.69) is 21.2 Å².